The number of ether oxygens (including phenoxy) is 3. The Kier molecular flexibility index (Phi) is 3.69. The van der Waals surface area contributed by atoms with Crippen LogP contribution in [0.2, 0.25) is 0 Å². The van der Waals surface area contributed by atoms with Crippen LogP contribution in [-0.4, -0.2) is 32.2 Å². The van der Waals surface area contributed by atoms with Crippen molar-refractivity contribution in [1.29, 1.82) is 0 Å². The Morgan fingerprint density at radius 3 is 2.58 bits per heavy atom. The van der Waals surface area contributed by atoms with Crippen molar-refractivity contribution in [3.8, 4) is 11.5 Å². The molecule has 2 aliphatic heterocycles. The van der Waals surface area contributed by atoms with Crippen LogP contribution in [0.15, 0.2) is 18.2 Å². The lowest BCUT2D eigenvalue weighted by Crippen LogP contribution is -2.19. The SMILES string of the molecule is O=C(CC1CCOCC1)c1ccc2c(c1)OCCO2. The number of hydrogen-bond acceptors (Lipinski definition) is 4. The summed E-state index contributed by atoms with van der Waals surface area (Å²) in [6, 6.07) is 5.46. The number of Topliss-reactive ketones (excluding diaryl/α,β-unsaturated/α-hetero) is 1. The van der Waals surface area contributed by atoms with E-state index in [2.05, 4.69) is 0 Å². The lowest BCUT2D eigenvalue weighted by Gasteiger charge is -2.22. The third-order valence-corrected chi connectivity index (χ3v) is 3.68. The van der Waals surface area contributed by atoms with E-state index in [1.807, 2.05) is 12.1 Å². The van der Waals surface area contributed by atoms with Gasteiger partial charge in [-0.2, -0.15) is 0 Å². The summed E-state index contributed by atoms with van der Waals surface area (Å²) in [6.45, 7) is 2.67. The third-order valence-electron chi connectivity index (χ3n) is 3.68. The maximum absolute atomic E-state index is 12.3. The number of carbonyl (C=O) groups excluding carboxylic acids is 1. The van der Waals surface area contributed by atoms with E-state index in [4.69, 9.17) is 14.2 Å². The molecular weight excluding hydrogens is 244 g/mol. The Hall–Kier alpha value is -1.55. The van der Waals surface area contributed by atoms with Crippen LogP contribution in [0.1, 0.15) is 29.6 Å². The minimum atomic E-state index is 0.184. The third kappa shape index (κ3) is 2.89. The number of hydrogen-bond donors (Lipinski definition) is 0. The smallest absolute Gasteiger partial charge is 0.163 e. The molecule has 0 atom stereocenters. The highest BCUT2D eigenvalue weighted by Gasteiger charge is 2.20. The number of carbonyl (C=O) groups is 1. The lowest BCUT2D eigenvalue weighted by atomic mass is 9.92. The van der Waals surface area contributed by atoms with Crippen LogP contribution < -0.4 is 9.47 Å². The molecule has 0 radical (unpaired) electrons. The van der Waals surface area contributed by atoms with Gasteiger partial charge in [0.05, 0.1) is 0 Å². The zero-order valence-electron chi connectivity index (χ0n) is 10.9. The molecular formula is C15H18O4. The second-order valence-corrected chi connectivity index (χ2v) is 5.04. The second kappa shape index (κ2) is 5.61. The van der Waals surface area contributed by atoms with Gasteiger partial charge in [-0.15, -0.1) is 0 Å². The van der Waals surface area contributed by atoms with E-state index in [1.54, 1.807) is 6.07 Å². The zero-order chi connectivity index (χ0) is 13.1. The molecule has 1 aromatic carbocycles. The van der Waals surface area contributed by atoms with Crippen LogP contribution in [0.4, 0.5) is 0 Å². The summed E-state index contributed by atoms with van der Waals surface area (Å²) in [5, 5.41) is 0. The molecule has 0 unspecified atom stereocenters. The molecule has 4 nitrogen and oxygen atoms in total. The van der Waals surface area contributed by atoms with Crippen molar-refractivity contribution in [2.24, 2.45) is 5.92 Å². The van der Waals surface area contributed by atoms with E-state index in [0.717, 1.165) is 37.4 Å². The van der Waals surface area contributed by atoms with Gasteiger partial charge in [0, 0.05) is 25.2 Å². The molecule has 0 N–H and O–H groups in total. The minimum absolute atomic E-state index is 0.184. The van der Waals surface area contributed by atoms with Crippen LogP contribution in [0.3, 0.4) is 0 Å². The first-order valence-electron chi connectivity index (χ1n) is 6.83. The summed E-state index contributed by atoms with van der Waals surface area (Å²) >= 11 is 0. The van der Waals surface area contributed by atoms with E-state index >= 15 is 0 Å². The summed E-state index contributed by atoms with van der Waals surface area (Å²) in [5.74, 6) is 2.05. The topological polar surface area (TPSA) is 44.8 Å². The first-order chi connectivity index (χ1) is 9.33. The van der Waals surface area contributed by atoms with Crippen LogP contribution in [0.5, 0.6) is 11.5 Å². The lowest BCUT2D eigenvalue weighted by molar-refractivity contribution is 0.0601. The number of benzene rings is 1. The van der Waals surface area contributed by atoms with E-state index in [0.29, 0.717) is 31.3 Å². The molecule has 0 aromatic heterocycles. The Labute approximate surface area is 112 Å². The quantitative estimate of drug-likeness (QED) is 0.785. The highest BCUT2D eigenvalue weighted by molar-refractivity contribution is 5.96. The van der Waals surface area contributed by atoms with Gasteiger partial charge in [-0.1, -0.05) is 0 Å². The Bertz CT molecular complexity index is 463. The van der Waals surface area contributed by atoms with Gasteiger partial charge in [0.25, 0.3) is 0 Å². The van der Waals surface area contributed by atoms with Crippen LogP contribution in [0.25, 0.3) is 0 Å². The van der Waals surface area contributed by atoms with Crippen LogP contribution in [0, 0.1) is 5.92 Å². The van der Waals surface area contributed by atoms with Crippen molar-refractivity contribution >= 4 is 5.78 Å². The van der Waals surface area contributed by atoms with Gasteiger partial charge in [0.15, 0.2) is 17.3 Å². The molecule has 0 saturated carbocycles. The molecule has 19 heavy (non-hydrogen) atoms. The van der Waals surface area contributed by atoms with Gasteiger partial charge in [0.2, 0.25) is 0 Å². The average Bonchev–Trinajstić information content (AvgIpc) is 2.48. The fourth-order valence-corrected chi connectivity index (χ4v) is 2.55. The second-order valence-electron chi connectivity index (χ2n) is 5.04. The molecule has 1 saturated heterocycles. The molecule has 0 amide bonds. The van der Waals surface area contributed by atoms with Gasteiger partial charge >= 0.3 is 0 Å². The van der Waals surface area contributed by atoms with E-state index in [-0.39, 0.29) is 5.78 Å². The minimum Gasteiger partial charge on any atom is -0.486 e. The predicted octanol–water partition coefficient (Wildman–Crippen LogP) is 2.46. The number of rotatable bonds is 3. The molecule has 1 aromatic rings. The van der Waals surface area contributed by atoms with Crippen molar-refractivity contribution in [3.63, 3.8) is 0 Å². The van der Waals surface area contributed by atoms with Gasteiger partial charge in [-0.05, 0) is 37.0 Å². The molecule has 0 bridgehead atoms. The fourth-order valence-electron chi connectivity index (χ4n) is 2.55. The van der Waals surface area contributed by atoms with E-state index < -0.39 is 0 Å². The van der Waals surface area contributed by atoms with Crippen LogP contribution >= 0.6 is 0 Å². The normalized spacial score (nSPS) is 19.2. The Morgan fingerprint density at radius 2 is 1.79 bits per heavy atom. The summed E-state index contributed by atoms with van der Waals surface area (Å²) in [5.41, 5.74) is 0.718. The van der Waals surface area contributed by atoms with Crippen LogP contribution in [-0.2, 0) is 4.74 Å². The maximum Gasteiger partial charge on any atom is 0.163 e. The Morgan fingerprint density at radius 1 is 1.05 bits per heavy atom. The standard InChI is InChI=1S/C15H18O4/c16-13(9-11-3-5-17-6-4-11)12-1-2-14-15(10-12)19-8-7-18-14/h1-2,10-11H,3-9H2. The molecule has 102 valence electrons. The largest absolute Gasteiger partial charge is 0.486 e. The summed E-state index contributed by atoms with van der Waals surface area (Å²) in [4.78, 5) is 12.3. The van der Waals surface area contributed by atoms with Crippen molar-refractivity contribution in [2.45, 2.75) is 19.3 Å². The van der Waals surface area contributed by atoms with Crippen molar-refractivity contribution in [1.82, 2.24) is 0 Å². The Balaban J connectivity index is 1.69. The molecule has 2 heterocycles. The number of ketones is 1. The predicted molar refractivity (Wildman–Crippen MR) is 69.9 cm³/mol. The maximum atomic E-state index is 12.3. The van der Waals surface area contributed by atoms with Gasteiger partial charge in [-0.3, -0.25) is 4.79 Å². The summed E-state index contributed by atoms with van der Waals surface area (Å²) < 4.78 is 16.3. The zero-order valence-corrected chi connectivity index (χ0v) is 10.9. The monoisotopic (exact) mass is 262 g/mol. The molecule has 2 aliphatic rings. The summed E-state index contributed by atoms with van der Waals surface area (Å²) in [6.07, 6.45) is 2.57. The molecule has 4 heteroatoms. The molecule has 1 fully saturated rings. The van der Waals surface area contributed by atoms with Gasteiger partial charge < -0.3 is 14.2 Å². The highest BCUT2D eigenvalue weighted by Crippen LogP contribution is 2.31. The molecule has 0 spiro atoms. The van der Waals surface area contributed by atoms with Crippen molar-refractivity contribution < 1.29 is 19.0 Å². The highest BCUT2D eigenvalue weighted by atomic mass is 16.6. The van der Waals surface area contributed by atoms with E-state index in [1.165, 1.54) is 0 Å². The van der Waals surface area contributed by atoms with Gasteiger partial charge in [-0.25, -0.2) is 0 Å². The number of fused-ring (bicyclic) bond motifs is 1. The average molecular weight is 262 g/mol. The fraction of sp³-hybridized carbons (Fsp3) is 0.533. The van der Waals surface area contributed by atoms with Crippen molar-refractivity contribution in [3.05, 3.63) is 23.8 Å². The van der Waals surface area contributed by atoms with Gasteiger partial charge in [0.1, 0.15) is 13.2 Å². The van der Waals surface area contributed by atoms with E-state index in [9.17, 15) is 4.79 Å². The first-order valence-corrected chi connectivity index (χ1v) is 6.83. The van der Waals surface area contributed by atoms with Crippen molar-refractivity contribution in [2.75, 3.05) is 26.4 Å². The first kappa shape index (κ1) is 12.5. The molecule has 0 aliphatic carbocycles. The summed E-state index contributed by atoms with van der Waals surface area (Å²) in [7, 11) is 0. The molecule has 3 rings (SSSR count).